The van der Waals surface area contributed by atoms with Gasteiger partial charge in [0.05, 0.1) is 98.1 Å². The predicted molar refractivity (Wildman–Crippen MR) is 285 cm³/mol. The third-order valence-electron chi connectivity index (χ3n) is 15.9. The van der Waals surface area contributed by atoms with E-state index in [0.717, 1.165) is 18.7 Å². The van der Waals surface area contributed by atoms with E-state index in [2.05, 4.69) is 15.6 Å². The van der Waals surface area contributed by atoms with E-state index >= 15 is 0 Å². The molecule has 0 radical (unpaired) electrons. The smallest absolute Gasteiger partial charge is 0.221 e. The number of carbonyl (C=O) groups excluding carboxylic acids is 2. The summed E-state index contributed by atoms with van der Waals surface area (Å²) in [6, 6.07) is -1.90. The molecule has 20 N–H and O–H groups in total. The number of aliphatic hydroxyl groups excluding tert-OH is 17. The van der Waals surface area contributed by atoms with Gasteiger partial charge in [-0.1, -0.05) is 5.21 Å². The Bertz CT molecular complexity index is 2310. The van der Waals surface area contributed by atoms with Crippen LogP contribution in [0.15, 0.2) is 6.20 Å². The van der Waals surface area contributed by atoms with E-state index in [4.69, 9.17) is 72.0 Å². The number of rotatable bonds is 30. The van der Waals surface area contributed by atoms with Gasteiger partial charge in [-0.25, -0.2) is 4.68 Å². The molecule has 0 saturated carbocycles. The SMILES string of the molecule is CC(=O)N[C@@H]1C(O[C@@H]2[C@H](O)C(O[C@H]3C(O)C(O)C(N(Cc4cn(CCOCCOCCOCCN)nn4)C(C)=O)O[C@H]3CO)OC(CO)[C@@H]2O)OC(CO)[C@@H](O)[C@@H]1OC1OC(CO)[C@H](O)[C@H](OC2OC(CO)[C@H](O)[C@H](O)[C@@H]2O)[C@@H]1OC1OC(C)[C@@H](O)[C@H](O)[C@H]1O. The van der Waals surface area contributed by atoms with E-state index in [0.29, 0.717) is 33.0 Å². The number of hydrogen-bond donors (Lipinski definition) is 19. The van der Waals surface area contributed by atoms with Crippen LogP contribution < -0.4 is 11.1 Å². The Morgan fingerprint density at radius 1 is 0.500 bits per heavy atom. The average molecular weight is 1310 g/mol. The number of aromatic nitrogens is 3. The van der Waals surface area contributed by atoms with E-state index in [1.165, 1.54) is 17.8 Å². The second-order valence-corrected chi connectivity index (χ2v) is 22.2. The van der Waals surface area contributed by atoms with Gasteiger partial charge in [0.25, 0.3) is 0 Å². The number of ether oxygens (including phenoxy) is 14. The first-order valence-corrected chi connectivity index (χ1v) is 29.2. The van der Waals surface area contributed by atoms with Crippen LogP contribution in [0.5, 0.6) is 0 Å². The summed E-state index contributed by atoms with van der Waals surface area (Å²) in [6.07, 6.45) is -55.1. The van der Waals surface area contributed by atoms with Crippen LogP contribution in [0, 0.1) is 0 Å². The zero-order valence-corrected chi connectivity index (χ0v) is 49.3. The molecule has 0 spiro atoms. The molecule has 7 heterocycles. The molecular weight excluding hydrogens is 1220 g/mol. The van der Waals surface area contributed by atoms with Crippen molar-refractivity contribution in [2.75, 3.05) is 79.2 Å². The summed E-state index contributed by atoms with van der Waals surface area (Å²) < 4.78 is 82.9. The van der Waals surface area contributed by atoms with Crippen molar-refractivity contribution in [3.8, 4) is 0 Å². The lowest BCUT2D eigenvalue weighted by atomic mass is 9.93. The minimum absolute atomic E-state index is 0.210. The van der Waals surface area contributed by atoms with Crippen LogP contribution in [0.1, 0.15) is 26.5 Å². The Morgan fingerprint density at radius 2 is 0.967 bits per heavy atom. The van der Waals surface area contributed by atoms with Crippen molar-refractivity contribution < 1.29 is 163 Å². The number of aliphatic hydroxyl groups is 17. The standard InChI is InChI=1S/C51H88N6O33/c1-19-29(65)34(70)38(74)48(80-19)90-45-44(89-49-39(75)35(71)30(66)23(14-58)83-49)33(69)26(17-61)85-51(45)87-42-28(53-20(2)63)47(82-24(15-59)31(42)67)88-43-32(68)25(16-60)84-50(40(43)76)86-41-27(18-62)81-46(37(73)36(41)72)57(21(3)64)13-22-12-56(55-54-22)5-7-78-9-11-79-10-8-77-6-4-52/h12,19,23-51,58-62,65-76H,4-11,13-18,52H2,1-3H3,(H,53,63)/t19?,23?,24?,25?,26?,27-,28-,29+,30-,31+,32-,33-,34-,35-,36?,37?,38+,39-,40-,41+,42+,43-,44-,45-,46?,47?,48?,49?,50?,51?/m0/s1. The molecule has 0 bridgehead atoms. The molecule has 1 aromatic heterocycles. The molecule has 0 aromatic carbocycles. The van der Waals surface area contributed by atoms with E-state index in [-0.39, 0.29) is 32.0 Å². The summed E-state index contributed by atoms with van der Waals surface area (Å²) in [5, 5.41) is 198. The lowest BCUT2D eigenvalue weighted by molar-refractivity contribution is -0.404. The van der Waals surface area contributed by atoms with Crippen molar-refractivity contribution in [3.05, 3.63) is 11.9 Å². The molecule has 2 amide bonds. The normalized spacial score (nSPS) is 42.6. The first-order valence-electron chi connectivity index (χ1n) is 29.2. The summed E-state index contributed by atoms with van der Waals surface area (Å²) in [6.45, 7) is 0.539. The fraction of sp³-hybridized carbons (Fsp3) is 0.922. The molecule has 39 nitrogen and oxygen atoms in total. The molecule has 6 saturated heterocycles. The molecule has 30 atom stereocenters. The largest absolute Gasteiger partial charge is 0.394 e. The van der Waals surface area contributed by atoms with Crippen LogP contribution in [0.25, 0.3) is 0 Å². The lowest BCUT2D eigenvalue weighted by Gasteiger charge is -2.52. The zero-order chi connectivity index (χ0) is 65.8. The third-order valence-corrected chi connectivity index (χ3v) is 15.9. The van der Waals surface area contributed by atoms with Crippen molar-refractivity contribution in [3.63, 3.8) is 0 Å². The van der Waals surface area contributed by atoms with Gasteiger partial charge in [0.1, 0.15) is 146 Å². The highest BCUT2D eigenvalue weighted by molar-refractivity contribution is 5.73. The molecular formula is C51H88N6O33. The Hall–Kier alpha value is -3.20. The highest BCUT2D eigenvalue weighted by Crippen LogP contribution is 2.38. The number of hydrogen-bond acceptors (Lipinski definition) is 36. The molecule has 1 aromatic rings. The molecule has 6 fully saturated rings. The number of carbonyl (C=O) groups is 2. The molecule has 39 heteroatoms. The quantitative estimate of drug-likeness (QED) is 0.0318. The molecule has 6 aliphatic heterocycles. The van der Waals surface area contributed by atoms with Crippen molar-refractivity contribution in [2.24, 2.45) is 5.73 Å². The molecule has 0 aliphatic carbocycles. The van der Waals surface area contributed by atoms with Gasteiger partial charge in [-0.2, -0.15) is 0 Å². The van der Waals surface area contributed by atoms with Crippen LogP contribution in [0.2, 0.25) is 0 Å². The Morgan fingerprint density at radius 3 is 1.54 bits per heavy atom. The van der Waals surface area contributed by atoms with Gasteiger partial charge in [0.2, 0.25) is 11.8 Å². The van der Waals surface area contributed by atoms with Crippen molar-refractivity contribution in [1.29, 1.82) is 0 Å². The van der Waals surface area contributed by atoms with Gasteiger partial charge in [0.15, 0.2) is 37.7 Å². The maximum absolute atomic E-state index is 13.1. The van der Waals surface area contributed by atoms with Crippen LogP contribution in [0.3, 0.4) is 0 Å². The molecule has 6 aliphatic rings. The van der Waals surface area contributed by atoms with Gasteiger partial charge in [-0.15, -0.1) is 5.10 Å². The van der Waals surface area contributed by atoms with Gasteiger partial charge in [-0.05, 0) is 6.92 Å². The summed E-state index contributed by atoms with van der Waals surface area (Å²) in [5.74, 6) is -1.60. The summed E-state index contributed by atoms with van der Waals surface area (Å²) in [5.41, 5.74) is 5.60. The van der Waals surface area contributed by atoms with Crippen molar-refractivity contribution >= 4 is 11.8 Å². The number of nitrogens with one attached hydrogen (secondary N) is 1. The maximum atomic E-state index is 13.1. The number of nitrogens with two attached hydrogens (primary N) is 1. The number of amides is 2. The Balaban J connectivity index is 1.10. The second kappa shape index (κ2) is 34.5. The van der Waals surface area contributed by atoms with Crippen LogP contribution in [0.4, 0.5) is 0 Å². The van der Waals surface area contributed by atoms with Gasteiger partial charge in [-0.3, -0.25) is 9.59 Å². The van der Waals surface area contributed by atoms with E-state index in [1.807, 2.05) is 0 Å². The zero-order valence-electron chi connectivity index (χ0n) is 49.3. The van der Waals surface area contributed by atoms with Crippen molar-refractivity contribution in [2.45, 2.75) is 218 Å². The van der Waals surface area contributed by atoms with Gasteiger partial charge in [0, 0.05) is 20.4 Å². The van der Waals surface area contributed by atoms with Gasteiger partial charge >= 0.3 is 0 Å². The minimum atomic E-state index is -2.25. The van der Waals surface area contributed by atoms with Crippen LogP contribution in [-0.2, 0) is 89.0 Å². The van der Waals surface area contributed by atoms with E-state index in [1.54, 1.807) is 0 Å². The fourth-order valence-corrected chi connectivity index (χ4v) is 10.9. The fourth-order valence-electron chi connectivity index (χ4n) is 10.9. The highest BCUT2D eigenvalue weighted by atomic mass is 16.8. The Kier molecular flexibility index (Phi) is 28.4. The Labute approximate surface area is 513 Å². The molecule has 90 heavy (non-hydrogen) atoms. The summed E-state index contributed by atoms with van der Waals surface area (Å²) in [7, 11) is 0. The highest BCUT2D eigenvalue weighted by Gasteiger charge is 2.59. The third kappa shape index (κ3) is 17.6. The monoisotopic (exact) mass is 1310 g/mol. The van der Waals surface area contributed by atoms with E-state index in [9.17, 15) is 96.4 Å². The first-order chi connectivity index (χ1) is 42.9. The maximum Gasteiger partial charge on any atom is 0.221 e. The van der Waals surface area contributed by atoms with Crippen LogP contribution in [-0.4, -0.2) is 382 Å². The van der Waals surface area contributed by atoms with Crippen LogP contribution >= 0.6 is 0 Å². The summed E-state index contributed by atoms with van der Waals surface area (Å²) in [4.78, 5) is 27.3. The molecule has 13 unspecified atom stereocenters. The summed E-state index contributed by atoms with van der Waals surface area (Å²) >= 11 is 0. The first kappa shape index (κ1) is 74.2. The number of nitrogens with zero attached hydrogens (tertiary/aromatic N) is 4. The topological polar surface area (TPSA) is 579 Å². The average Bonchev–Trinajstić information content (AvgIpc) is 0.890. The molecule has 7 rings (SSSR count). The molecule has 520 valence electrons. The van der Waals surface area contributed by atoms with Crippen molar-refractivity contribution in [1.82, 2.24) is 25.2 Å². The predicted octanol–water partition coefficient (Wildman–Crippen LogP) is -13.3. The van der Waals surface area contributed by atoms with E-state index < -0.39 is 229 Å². The lowest BCUT2D eigenvalue weighted by Crippen LogP contribution is -2.71. The second-order valence-electron chi connectivity index (χ2n) is 22.2. The van der Waals surface area contributed by atoms with Gasteiger partial charge < -0.3 is 169 Å². The minimum Gasteiger partial charge on any atom is -0.394 e.